The number of pyridine rings is 1. The van der Waals surface area contributed by atoms with Crippen molar-refractivity contribution in [2.45, 2.75) is 20.4 Å². The number of carbonyl (C=O) groups is 1. The Morgan fingerprint density at radius 2 is 2.00 bits per heavy atom. The second-order valence-corrected chi connectivity index (χ2v) is 7.65. The lowest BCUT2D eigenvalue weighted by Gasteiger charge is -2.11. The Morgan fingerprint density at radius 1 is 1.21 bits per heavy atom. The maximum absolute atomic E-state index is 14.2. The number of amides is 1. The van der Waals surface area contributed by atoms with Crippen molar-refractivity contribution in [2.24, 2.45) is 5.73 Å². The van der Waals surface area contributed by atoms with Gasteiger partial charge in [-0.25, -0.2) is 9.37 Å². The smallest absolute Gasteiger partial charge is 0.250 e. The first-order valence-corrected chi connectivity index (χ1v) is 9.94. The minimum absolute atomic E-state index is 0.278. The van der Waals surface area contributed by atoms with Gasteiger partial charge in [-0.05, 0) is 38.1 Å². The van der Waals surface area contributed by atoms with Crippen LogP contribution in [0.4, 0.5) is 4.39 Å². The van der Waals surface area contributed by atoms with Gasteiger partial charge in [-0.3, -0.25) is 9.78 Å². The van der Waals surface area contributed by atoms with Gasteiger partial charge in [-0.1, -0.05) is 18.2 Å². The highest BCUT2D eigenvalue weighted by Gasteiger charge is 2.20. The summed E-state index contributed by atoms with van der Waals surface area (Å²) in [7, 11) is 0. The first kappa shape index (κ1) is 19.0. The topological polar surface area (TPSA) is 73.8 Å². The summed E-state index contributed by atoms with van der Waals surface area (Å²) in [5.41, 5.74) is 10.5. The fraction of sp³-hybridized carbons (Fsp3) is 0.136. The van der Waals surface area contributed by atoms with Crippen LogP contribution in [0.1, 0.15) is 27.3 Å². The molecule has 7 heteroatoms. The molecular formula is C22H19FN4OS. The maximum Gasteiger partial charge on any atom is 0.250 e. The van der Waals surface area contributed by atoms with Crippen molar-refractivity contribution in [3.63, 3.8) is 0 Å². The van der Waals surface area contributed by atoms with Crippen LogP contribution in [-0.4, -0.2) is 20.4 Å². The monoisotopic (exact) mass is 406 g/mol. The quantitative estimate of drug-likeness (QED) is 0.527. The van der Waals surface area contributed by atoms with E-state index in [0.29, 0.717) is 22.5 Å². The van der Waals surface area contributed by atoms with Gasteiger partial charge >= 0.3 is 0 Å². The lowest BCUT2D eigenvalue weighted by Crippen LogP contribution is -2.13. The van der Waals surface area contributed by atoms with E-state index in [1.54, 1.807) is 30.5 Å². The molecule has 0 aliphatic heterocycles. The molecule has 29 heavy (non-hydrogen) atoms. The van der Waals surface area contributed by atoms with E-state index in [-0.39, 0.29) is 12.4 Å². The Balaban J connectivity index is 1.79. The van der Waals surface area contributed by atoms with Crippen LogP contribution in [0, 0.1) is 19.7 Å². The van der Waals surface area contributed by atoms with E-state index >= 15 is 0 Å². The van der Waals surface area contributed by atoms with E-state index in [2.05, 4.69) is 4.98 Å². The van der Waals surface area contributed by atoms with Gasteiger partial charge in [-0.2, -0.15) is 0 Å². The third kappa shape index (κ3) is 3.69. The molecule has 3 heterocycles. The molecule has 146 valence electrons. The second-order valence-electron chi connectivity index (χ2n) is 6.80. The van der Waals surface area contributed by atoms with Gasteiger partial charge in [0, 0.05) is 34.1 Å². The number of hydrogen-bond donors (Lipinski definition) is 1. The van der Waals surface area contributed by atoms with Gasteiger partial charge in [0.1, 0.15) is 10.8 Å². The number of thiazole rings is 1. The summed E-state index contributed by atoms with van der Waals surface area (Å²) in [5, 5.41) is 2.75. The van der Waals surface area contributed by atoms with Crippen LogP contribution in [0.3, 0.4) is 0 Å². The summed E-state index contributed by atoms with van der Waals surface area (Å²) in [5.74, 6) is -0.814. The van der Waals surface area contributed by atoms with Crippen molar-refractivity contribution in [1.29, 1.82) is 0 Å². The molecule has 0 radical (unpaired) electrons. The number of primary amides is 1. The predicted molar refractivity (Wildman–Crippen MR) is 112 cm³/mol. The number of carbonyl (C=O) groups excluding carboxylic acids is 1. The van der Waals surface area contributed by atoms with Gasteiger partial charge < -0.3 is 10.3 Å². The summed E-state index contributed by atoms with van der Waals surface area (Å²) in [6.07, 6.45) is 1.79. The van der Waals surface area contributed by atoms with E-state index in [1.165, 1.54) is 17.4 Å². The molecule has 4 aromatic rings. The average Bonchev–Trinajstić information content (AvgIpc) is 3.30. The minimum Gasteiger partial charge on any atom is -0.366 e. The van der Waals surface area contributed by atoms with E-state index in [0.717, 1.165) is 22.0 Å². The van der Waals surface area contributed by atoms with Crippen LogP contribution in [0.2, 0.25) is 0 Å². The molecule has 0 bridgehead atoms. The van der Waals surface area contributed by atoms with E-state index in [4.69, 9.17) is 10.7 Å². The standard InChI is InChI=1S/C22H19FN4OS/c1-13-7-8-15(10-25-13)22-26-19(12-29-22)20-9-17(21(24)28)14(2)27(20)11-16-5-3-4-6-18(16)23/h3-10,12H,11H2,1-2H3,(H2,24,28). The zero-order chi connectivity index (χ0) is 20.5. The van der Waals surface area contributed by atoms with Crippen LogP contribution in [-0.2, 0) is 6.54 Å². The maximum atomic E-state index is 14.2. The molecule has 1 aromatic carbocycles. The minimum atomic E-state index is -0.519. The molecule has 2 N–H and O–H groups in total. The first-order chi connectivity index (χ1) is 13.9. The van der Waals surface area contributed by atoms with Crippen molar-refractivity contribution in [3.05, 3.63) is 82.4 Å². The van der Waals surface area contributed by atoms with Crippen LogP contribution in [0.15, 0.2) is 54.0 Å². The predicted octanol–water partition coefficient (Wildman–Crippen LogP) is 4.58. The molecule has 1 amide bonds. The first-order valence-electron chi connectivity index (χ1n) is 9.06. The molecule has 0 saturated heterocycles. The lowest BCUT2D eigenvalue weighted by molar-refractivity contribution is 0.0999. The van der Waals surface area contributed by atoms with Gasteiger partial charge in [-0.15, -0.1) is 11.3 Å². The number of aryl methyl sites for hydroxylation is 1. The summed E-state index contributed by atoms with van der Waals surface area (Å²) in [6.45, 7) is 4.02. The summed E-state index contributed by atoms with van der Waals surface area (Å²) in [6, 6.07) is 12.2. The zero-order valence-electron chi connectivity index (χ0n) is 16.0. The summed E-state index contributed by atoms with van der Waals surface area (Å²) in [4.78, 5) is 21.0. The van der Waals surface area contributed by atoms with Crippen molar-refractivity contribution in [1.82, 2.24) is 14.5 Å². The molecule has 0 aliphatic rings. The molecule has 0 unspecified atom stereocenters. The van der Waals surface area contributed by atoms with Crippen LogP contribution >= 0.6 is 11.3 Å². The normalized spacial score (nSPS) is 11.0. The molecule has 0 spiro atoms. The van der Waals surface area contributed by atoms with Crippen molar-refractivity contribution < 1.29 is 9.18 Å². The number of benzene rings is 1. The Kier molecular flexibility index (Phi) is 4.98. The Bertz CT molecular complexity index is 1190. The molecular weight excluding hydrogens is 387 g/mol. The number of nitrogens with two attached hydrogens (primary N) is 1. The molecule has 3 aromatic heterocycles. The third-order valence-electron chi connectivity index (χ3n) is 4.84. The Morgan fingerprint density at radius 3 is 2.69 bits per heavy atom. The average molecular weight is 406 g/mol. The van der Waals surface area contributed by atoms with Gasteiger partial charge in [0.2, 0.25) is 0 Å². The Hall–Kier alpha value is -3.32. The lowest BCUT2D eigenvalue weighted by atomic mass is 10.2. The molecule has 0 atom stereocenters. The van der Waals surface area contributed by atoms with Gasteiger partial charge in [0.15, 0.2) is 0 Å². The molecule has 4 rings (SSSR count). The third-order valence-corrected chi connectivity index (χ3v) is 5.73. The second kappa shape index (κ2) is 7.60. The highest BCUT2D eigenvalue weighted by Crippen LogP contribution is 2.32. The zero-order valence-corrected chi connectivity index (χ0v) is 16.8. The molecule has 5 nitrogen and oxygen atoms in total. The van der Waals surface area contributed by atoms with Crippen LogP contribution in [0.25, 0.3) is 22.0 Å². The highest BCUT2D eigenvalue weighted by molar-refractivity contribution is 7.13. The van der Waals surface area contributed by atoms with Crippen molar-refractivity contribution in [2.75, 3.05) is 0 Å². The number of nitrogens with zero attached hydrogens (tertiary/aromatic N) is 3. The van der Waals surface area contributed by atoms with Gasteiger partial charge in [0.05, 0.1) is 23.5 Å². The fourth-order valence-corrected chi connectivity index (χ4v) is 4.03. The largest absolute Gasteiger partial charge is 0.366 e. The van der Waals surface area contributed by atoms with E-state index in [1.807, 2.05) is 35.9 Å². The number of halogens is 1. The fourth-order valence-electron chi connectivity index (χ4n) is 3.23. The van der Waals surface area contributed by atoms with Crippen molar-refractivity contribution >= 4 is 17.2 Å². The summed E-state index contributed by atoms with van der Waals surface area (Å²) < 4.78 is 16.1. The van der Waals surface area contributed by atoms with Gasteiger partial charge in [0.25, 0.3) is 5.91 Å². The van der Waals surface area contributed by atoms with E-state index < -0.39 is 5.91 Å². The molecule has 0 saturated carbocycles. The van der Waals surface area contributed by atoms with Crippen LogP contribution in [0.5, 0.6) is 0 Å². The highest BCUT2D eigenvalue weighted by atomic mass is 32.1. The van der Waals surface area contributed by atoms with E-state index in [9.17, 15) is 9.18 Å². The van der Waals surface area contributed by atoms with Crippen molar-refractivity contribution in [3.8, 4) is 22.0 Å². The number of aromatic nitrogens is 3. The Labute approximate surface area is 171 Å². The molecule has 0 aliphatic carbocycles. The number of hydrogen-bond acceptors (Lipinski definition) is 4. The SMILES string of the molecule is Cc1ccc(-c2nc(-c3cc(C(N)=O)c(C)n3Cc3ccccc3F)cs2)cn1. The summed E-state index contributed by atoms with van der Waals surface area (Å²) >= 11 is 1.49. The van der Waals surface area contributed by atoms with Crippen LogP contribution < -0.4 is 5.73 Å². The number of rotatable bonds is 5. The molecule has 0 fully saturated rings.